The second-order valence-corrected chi connectivity index (χ2v) is 4.34. The average molecular weight is 292 g/mol. The van der Waals surface area contributed by atoms with E-state index < -0.39 is 11.8 Å². The molecule has 0 spiro atoms. The Balaban J connectivity index is 2.07. The van der Waals surface area contributed by atoms with Crippen LogP contribution in [0.4, 0.5) is 15.8 Å². The van der Waals surface area contributed by atoms with Crippen molar-refractivity contribution in [2.75, 3.05) is 24.2 Å². The van der Waals surface area contributed by atoms with Gasteiger partial charge in [0.25, 0.3) is 0 Å². The van der Waals surface area contributed by atoms with Gasteiger partial charge in [-0.2, -0.15) is 5.10 Å². The molecule has 0 saturated heterocycles. The zero-order valence-corrected chi connectivity index (χ0v) is 11.7. The number of hydrogen-bond donors (Lipinski definition) is 2. The number of benzene rings is 1. The molecule has 0 saturated carbocycles. The molecule has 2 rings (SSSR count). The lowest BCUT2D eigenvalue weighted by Crippen LogP contribution is -2.14. The van der Waals surface area contributed by atoms with Crippen molar-refractivity contribution in [3.05, 3.63) is 42.0 Å². The van der Waals surface area contributed by atoms with Crippen LogP contribution >= 0.6 is 0 Å². The minimum atomic E-state index is -0.565. The Labute approximate surface area is 121 Å². The summed E-state index contributed by atoms with van der Waals surface area (Å²) < 4.78 is 20.4. The number of esters is 1. The van der Waals surface area contributed by atoms with Gasteiger partial charge in [0.05, 0.1) is 24.4 Å². The van der Waals surface area contributed by atoms with Gasteiger partial charge in [-0.1, -0.05) is 0 Å². The number of carbonyl (C=O) groups excluding carboxylic acids is 1. The van der Waals surface area contributed by atoms with Gasteiger partial charge in [0.2, 0.25) is 0 Å². The molecule has 0 aliphatic heterocycles. The maximum Gasteiger partial charge on any atom is 0.340 e. The first kappa shape index (κ1) is 14.8. The normalized spacial score (nSPS) is 10.4. The maximum absolute atomic E-state index is 13.8. The van der Waals surface area contributed by atoms with Crippen LogP contribution in [-0.4, -0.2) is 28.9 Å². The fraction of sp³-hybridized carbons (Fsp3) is 0.286. The van der Waals surface area contributed by atoms with Crippen LogP contribution in [0.3, 0.4) is 0 Å². The van der Waals surface area contributed by atoms with Crippen molar-refractivity contribution in [2.24, 2.45) is 0 Å². The zero-order chi connectivity index (χ0) is 15.2. The van der Waals surface area contributed by atoms with E-state index in [1.165, 1.54) is 6.07 Å². The molecule has 0 bridgehead atoms. The smallest absolute Gasteiger partial charge is 0.340 e. The number of nitrogens with two attached hydrogens (primary N) is 1. The van der Waals surface area contributed by atoms with Gasteiger partial charge in [0, 0.05) is 24.6 Å². The van der Waals surface area contributed by atoms with Crippen LogP contribution in [-0.2, 0) is 11.3 Å². The van der Waals surface area contributed by atoms with E-state index in [0.29, 0.717) is 13.1 Å². The number of ether oxygens (including phenoxy) is 1. The highest BCUT2D eigenvalue weighted by Crippen LogP contribution is 2.23. The number of nitrogens with one attached hydrogen (secondary N) is 1. The zero-order valence-electron chi connectivity index (χ0n) is 11.7. The van der Waals surface area contributed by atoms with Crippen molar-refractivity contribution in [3.8, 4) is 0 Å². The molecule has 112 valence electrons. The summed E-state index contributed by atoms with van der Waals surface area (Å²) in [7, 11) is 0. The topological polar surface area (TPSA) is 82.2 Å². The molecule has 0 atom stereocenters. The first-order valence-corrected chi connectivity index (χ1v) is 6.59. The van der Waals surface area contributed by atoms with Gasteiger partial charge in [-0.25, -0.2) is 9.18 Å². The fourth-order valence-electron chi connectivity index (χ4n) is 1.85. The van der Waals surface area contributed by atoms with Gasteiger partial charge >= 0.3 is 5.97 Å². The third kappa shape index (κ3) is 3.71. The molecule has 7 heteroatoms. The molecule has 1 aromatic heterocycles. The van der Waals surface area contributed by atoms with E-state index in [1.54, 1.807) is 17.8 Å². The Morgan fingerprint density at radius 2 is 2.33 bits per heavy atom. The predicted molar refractivity (Wildman–Crippen MR) is 77.5 cm³/mol. The molecule has 1 aromatic carbocycles. The number of hydrogen-bond acceptors (Lipinski definition) is 5. The van der Waals surface area contributed by atoms with Crippen molar-refractivity contribution < 1.29 is 13.9 Å². The Morgan fingerprint density at radius 1 is 1.52 bits per heavy atom. The van der Waals surface area contributed by atoms with E-state index >= 15 is 0 Å². The van der Waals surface area contributed by atoms with Gasteiger partial charge < -0.3 is 15.8 Å². The molecule has 0 unspecified atom stereocenters. The monoisotopic (exact) mass is 292 g/mol. The summed E-state index contributed by atoms with van der Waals surface area (Å²) in [5.41, 5.74) is 6.06. The molecule has 6 nitrogen and oxygen atoms in total. The molecule has 0 radical (unpaired) electrons. The minimum Gasteiger partial charge on any atom is -0.462 e. The van der Waals surface area contributed by atoms with Gasteiger partial charge in [-0.15, -0.1) is 0 Å². The molecule has 2 aromatic rings. The largest absolute Gasteiger partial charge is 0.462 e. The molecule has 3 N–H and O–H groups in total. The summed E-state index contributed by atoms with van der Waals surface area (Å²) in [5, 5.41) is 6.96. The van der Waals surface area contributed by atoms with Crippen LogP contribution in [0.25, 0.3) is 0 Å². The summed E-state index contributed by atoms with van der Waals surface area (Å²) in [5.74, 6) is -1.08. The average Bonchev–Trinajstić information content (AvgIpc) is 2.94. The van der Waals surface area contributed by atoms with Gasteiger partial charge in [0.1, 0.15) is 5.82 Å². The maximum atomic E-state index is 13.8. The van der Waals surface area contributed by atoms with E-state index in [2.05, 4.69) is 10.4 Å². The summed E-state index contributed by atoms with van der Waals surface area (Å²) in [6.07, 6.45) is 3.48. The lowest BCUT2D eigenvalue weighted by atomic mass is 10.1. The third-order valence-corrected chi connectivity index (χ3v) is 2.85. The Hall–Kier alpha value is -2.57. The van der Waals surface area contributed by atoms with Crippen LogP contribution in [0.2, 0.25) is 0 Å². The fourth-order valence-corrected chi connectivity index (χ4v) is 1.85. The third-order valence-electron chi connectivity index (χ3n) is 2.85. The number of halogens is 1. The van der Waals surface area contributed by atoms with Crippen LogP contribution in [0.15, 0.2) is 30.6 Å². The van der Waals surface area contributed by atoms with Crippen molar-refractivity contribution in [3.63, 3.8) is 0 Å². The highest BCUT2D eigenvalue weighted by Gasteiger charge is 2.15. The molecule has 0 aliphatic carbocycles. The Bertz CT molecular complexity index is 614. The predicted octanol–water partition coefficient (Wildman–Crippen LogP) is 1.89. The lowest BCUT2D eigenvalue weighted by molar-refractivity contribution is 0.0527. The molecule has 0 amide bonds. The molecular formula is C14H17FN4O2. The quantitative estimate of drug-likeness (QED) is 0.627. The van der Waals surface area contributed by atoms with E-state index in [4.69, 9.17) is 10.5 Å². The first-order chi connectivity index (χ1) is 10.1. The summed E-state index contributed by atoms with van der Waals surface area (Å²) in [6.45, 7) is 2.97. The SMILES string of the molecule is CCOC(=O)c1cc(NCCn2cccn2)c(F)cc1N. The number of carbonyl (C=O) groups is 1. The summed E-state index contributed by atoms with van der Waals surface area (Å²) in [6, 6.07) is 4.29. The number of aromatic nitrogens is 2. The van der Waals surface area contributed by atoms with Crippen LogP contribution < -0.4 is 11.1 Å². The highest BCUT2D eigenvalue weighted by molar-refractivity contribution is 5.96. The van der Waals surface area contributed by atoms with Crippen LogP contribution in [0, 0.1) is 5.82 Å². The number of anilines is 2. The second kappa shape index (κ2) is 6.74. The lowest BCUT2D eigenvalue weighted by Gasteiger charge is -2.11. The summed E-state index contributed by atoms with van der Waals surface area (Å²) in [4.78, 5) is 11.7. The first-order valence-electron chi connectivity index (χ1n) is 6.59. The Morgan fingerprint density at radius 3 is 3.00 bits per heavy atom. The standard InChI is InChI=1S/C14H17FN4O2/c1-2-21-14(20)10-8-13(11(15)9-12(10)16)17-5-7-19-6-3-4-18-19/h3-4,6,8-9,17H,2,5,7,16H2,1H3. The highest BCUT2D eigenvalue weighted by atomic mass is 19.1. The van der Waals surface area contributed by atoms with Crippen molar-refractivity contribution in [1.29, 1.82) is 0 Å². The van der Waals surface area contributed by atoms with Crippen molar-refractivity contribution >= 4 is 17.3 Å². The van der Waals surface area contributed by atoms with Crippen LogP contribution in [0.1, 0.15) is 17.3 Å². The Kier molecular flexibility index (Phi) is 4.76. The molecule has 1 heterocycles. The number of rotatable bonds is 6. The molecular weight excluding hydrogens is 275 g/mol. The van der Waals surface area contributed by atoms with E-state index in [9.17, 15) is 9.18 Å². The van der Waals surface area contributed by atoms with Crippen LogP contribution in [0.5, 0.6) is 0 Å². The van der Waals surface area contributed by atoms with Gasteiger partial charge in [0.15, 0.2) is 0 Å². The van der Waals surface area contributed by atoms with E-state index in [0.717, 1.165) is 6.07 Å². The van der Waals surface area contributed by atoms with Gasteiger partial charge in [-0.05, 0) is 25.1 Å². The van der Waals surface area contributed by atoms with Crippen molar-refractivity contribution in [1.82, 2.24) is 9.78 Å². The van der Waals surface area contributed by atoms with Gasteiger partial charge in [-0.3, -0.25) is 4.68 Å². The second-order valence-electron chi connectivity index (χ2n) is 4.34. The van der Waals surface area contributed by atoms with E-state index in [1.807, 2.05) is 12.3 Å². The molecule has 21 heavy (non-hydrogen) atoms. The van der Waals surface area contributed by atoms with Crippen molar-refractivity contribution in [2.45, 2.75) is 13.5 Å². The number of nitrogen functional groups attached to an aromatic ring is 1. The molecule has 0 aliphatic rings. The number of nitrogens with zero attached hydrogens (tertiary/aromatic N) is 2. The summed E-state index contributed by atoms with van der Waals surface area (Å²) >= 11 is 0. The van der Waals surface area contributed by atoms with E-state index in [-0.39, 0.29) is 23.5 Å². The molecule has 0 fully saturated rings. The minimum absolute atomic E-state index is 0.0589.